The molecule has 0 aliphatic heterocycles. The molecule has 1 aromatic heterocycles. The first-order valence-electron chi connectivity index (χ1n) is 8.39. The summed E-state index contributed by atoms with van der Waals surface area (Å²) in [4.78, 5) is 12.3. The van der Waals surface area contributed by atoms with E-state index in [0.29, 0.717) is 5.92 Å². The van der Waals surface area contributed by atoms with Crippen molar-refractivity contribution in [1.29, 1.82) is 0 Å². The van der Waals surface area contributed by atoms with E-state index < -0.39 is 10.0 Å². The van der Waals surface area contributed by atoms with E-state index in [2.05, 4.69) is 34.3 Å². The summed E-state index contributed by atoms with van der Waals surface area (Å²) in [5.41, 5.74) is 1.35. The van der Waals surface area contributed by atoms with Gasteiger partial charge in [-0.3, -0.25) is 4.79 Å². The van der Waals surface area contributed by atoms with Crippen LogP contribution < -0.4 is 10.0 Å². The molecule has 1 heterocycles. The molecule has 25 heavy (non-hydrogen) atoms. The zero-order chi connectivity index (χ0) is 17.9. The quantitative estimate of drug-likeness (QED) is 0.856. The van der Waals surface area contributed by atoms with Gasteiger partial charge >= 0.3 is 0 Å². The molecule has 1 aliphatic rings. The Hall–Kier alpha value is -2.12. The van der Waals surface area contributed by atoms with E-state index in [1.54, 1.807) is 0 Å². The zero-order valence-corrected chi connectivity index (χ0v) is 14.9. The lowest BCUT2D eigenvalue weighted by Gasteiger charge is -2.29. The van der Waals surface area contributed by atoms with Crippen molar-refractivity contribution in [3.8, 4) is 0 Å². The van der Waals surface area contributed by atoms with Gasteiger partial charge in [0.15, 0.2) is 5.76 Å². The van der Waals surface area contributed by atoms with E-state index >= 15 is 0 Å². The van der Waals surface area contributed by atoms with Gasteiger partial charge in [-0.25, -0.2) is 13.1 Å². The lowest BCUT2D eigenvalue weighted by molar-refractivity contribution is 0.0892. The Morgan fingerprint density at radius 3 is 2.36 bits per heavy atom. The van der Waals surface area contributed by atoms with Crippen LogP contribution in [0.15, 0.2) is 52.0 Å². The predicted molar refractivity (Wildman–Crippen MR) is 93.9 cm³/mol. The molecule has 1 amide bonds. The Morgan fingerprint density at radius 2 is 1.72 bits per heavy atom. The van der Waals surface area contributed by atoms with Crippen molar-refractivity contribution in [2.24, 2.45) is 0 Å². The Bertz CT molecular complexity index is 822. The minimum Gasteiger partial charge on any atom is -0.438 e. The van der Waals surface area contributed by atoms with Gasteiger partial charge in [0.2, 0.25) is 5.09 Å². The highest BCUT2D eigenvalue weighted by Crippen LogP contribution is 2.32. The van der Waals surface area contributed by atoms with Gasteiger partial charge in [-0.15, -0.1) is 0 Å². The van der Waals surface area contributed by atoms with Gasteiger partial charge in [0, 0.05) is 6.04 Å². The van der Waals surface area contributed by atoms with Crippen LogP contribution >= 0.6 is 0 Å². The number of furan rings is 1. The molecule has 6 nitrogen and oxygen atoms in total. The molecule has 2 aromatic rings. The molecule has 1 aromatic carbocycles. The Labute approximate surface area is 147 Å². The van der Waals surface area contributed by atoms with Crippen LogP contribution in [0.3, 0.4) is 0 Å². The van der Waals surface area contributed by atoms with E-state index in [1.807, 2.05) is 6.07 Å². The summed E-state index contributed by atoms with van der Waals surface area (Å²) in [6, 6.07) is 13.2. The number of hydrogen-bond acceptors (Lipinski definition) is 4. The number of hydrogen-bond donors (Lipinski definition) is 2. The third-order valence-electron chi connectivity index (χ3n) is 4.67. The van der Waals surface area contributed by atoms with Crippen molar-refractivity contribution in [1.82, 2.24) is 10.0 Å². The van der Waals surface area contributed by atoms with Crippen LogP contribution in [0, 0.1) is 0 Å². The first kappa shape index (κ1) is 17.7. The van der Waals surface area contributed by atoms with Crippen molar-refractivity contribution in [3.63, 3.8) is 0 Å². The second-order valence-electron chi connectivity index (χ2n) is 6.26. The summed E-state index contributed by atoms with van der Waals surface area (Å²) in [6.07, 6.45) is 3.83. The van der Waals surface area contributed by atoms with Crippen LogP contribution in [0.25, 0.3) is 0 Å². The topological polar surface area (TPSA) is 88.4 Å². The molecule has 1 aliphatic carbocycles. The van der Waals surface area contributed by atoms with Crippen molar-refractivity contribution in [3.05, 3.63) is 53.8 Å². The monoisotopic (exact) mass is 362 g/mol. The van der Waals surface area contributed by atoms with Gasteiger partial charge in [0.1, 0.15) is 0 Å². The minimum atomic E-state index is -3.68. The Morgan fingerprint density at radius 1 is 1.04 bits per heavy atom. The van der Waals surface area contributed by atoms with Gasteiger partial charge in [0.05, 0.1) is 0 Å². The van der Waals surface area contributed by atoms with E-state index in [-0.39, 0.29) is 22.8 Å². The van der Waals surface area contributed by atoms with Crippen LogP contribution in [0.4, 0.5) is 0 Å². The molecule has 0 atom stereocenters. The predicted octanol–water partition coefficient (Wildman–Crippen LogP) is 2.64. The van der Waals surface area contributed by atoms with Gasteiger partial charge in [-0.1, -0.05) is 30.3 Å². The standard InChI is InChI=1S/C18H22N2O4S/c1-19-25(22,23)17-12-11-16(24-17)18(21)20-15-9-7-14(8-10-15)13-5-3-2-4-6-13/h2-6,11-12,14-15,19H,7-10H2,1H3,(H,20,21). The third-order valence-corrected chi connectivity index (χ3v) is 5.96. The average molecular weight is 362 g/mol. The molecule has 0 bridgehead atoms. The summed E-state index contributed by atoms with van der Waals surface area (Å²) in [5.74, 6) is 0.171. The zero-order valence-electron chi connectivity index (χ0n) is 14.1. The lowest BCUT2D eigenvalue weighted by atomic mass is 9.82. The maximum absolute atomic E-state index is 12.3. The van der Waals surface area contributed by atoms with E-state index in [9.17, 15) is 13.2 Å². The summed E-state index contributed by atoms with van der Waals surface area (Å²) in [7, 11) is -2.38. The first-order valence-corrected chi connectivity index (χ1v) is 9.87. The number of amides is 1. The smallest absolute Gasteiger partial charge is 0.287 e. The van der Waals surface area contributed by atoms with E-state index in [4.69, 9.17) is 4.42 Å². The van der Waals surface area contributed by atoms with Crippen molar-refractivity contribution in [2.45, 2.75) is 42.7 Å². The molecule has 1 fully saturated rings. The maximum atomic E-state index is 12.3. The fraction of sp³-hybridized carbons (Fsp3) is 0.389. The molecule has 0 unspecified atom stereocenters. The third kappa shape index (κ3) is 4.11. The first-order chi connectivity index (χ1) is 12.0. The van der Waals surface area contributed by atoms with Gasteiger partial charge in [0.25, 0.3) is 15.9 Å². The highest BCUT2D eigenvalue weighted by Gasteiger charge is 2.25. The number of benzene rings is 1. The summed E-state index contributed by atoms with van der Waals surface area (Å²) in [5, 5.41) is 2.69. The number of rotatable bonds is 5. The molecule has 134 valence electrons. The molecule has 0 radical (unpaired) electrons. The molecular weight excluding hydrogens is 340 g/mol. The van der Waals surface area contributed by atoms with Crippen LogP contribution in [0.2, 0.25) is 0 Å². The highest BCUT2D eigenvalue weighted by molar-refractivity contribution is 7.89. The maximum Gasteiger partial charge on any atom is 0.287 e. The number of nitrogens with one attached hydrogen (secondary N) is 2. The highest BCUT2D eigenvalue weighted by atomic mass is 32.2. The number of carbonyl (C=O) groups is 1. The van der Waals surface area contributed by atoms with Gasteiger partial charge < -0.3 is 9.73 Å². The van der Waals surface area contributed by atoms with Crippen LogP contribution in [-0.2, 0) is 10.0 Å². The fourth-order valence-corrected chi connectivity index (χ4v) is 3.89. The van der Waals surface area contributed by atoms with Crippen LogP contribution in [-0.4, -0.2) is 27.4 Å². The second-order valence-corrected chi connectivity index (χ2v) is 8.08. The van der Waals surface area contributed by atoms with Crippen molar-refractivity contribution >= 4 is 15.9 Å². The molecule has 1 saturated carbocycles. The molecule has 0 saturated heterocycles. The molecular formula is C18H22N2O4S. The molecule has 3 rings (SSSR count). The number of carbonyl (C=O) groups excluding carboxylic acids is 1. The molecule has 7 heteroatoms. The average Bonchev–Trinajstić information content (AvgIpc) is 3.14. The normalized spacial score (nSPS) is 21.0. The largest absolute Gasteiger partial charge is 0.438 e. The second kappa shape index (κ2) is 7.41. The van der Waals surface area contributed by atoms with E-state index in [1.165, 1.54) is 24.7 Å². The number of sulfonamides is 1. The van der Waals surface area contributed by atoms with Gasteiger partial charge in [-0.2, -0.15) is 0 Å². The van der Waals surface area contributed by atoms with Crippen molar-refractivity contribution < 1.29 is 17.6 Å². The fourth-order valence-electron chi connectivity index (χ4n) is 3.24. The molecule has 0 spiro atoms. The Balaban J connectivity index is 1.56. The van der Waals surface area contributed by atoms with Crippen molar-refractivity contribution in [2.75, 3.05) is 7.05 Å². The van der Waals surface area contributed by atoms with Gasteiger partial charge in [-0.05, 0) is 56.3 Å². The van der Waals surface area contributed by atoms with E-state index in [0.717, 1.165) is 25.7 Å². The minimum absolute atomic E-state index is 0.0130. The van der Waals surface area contributed by atoms with Crippen LogP contribution in [0.1, 0.15) is 47.7 Å². The van der Waals surface area contributed by atoms with Crippen LogP contribution in [0.5, 0.6) is 0 Å². The Kier molecular flexibility index (Phi) is 5.24. The molecule has 2 N–H and O–H groups in total. The summed E-state index contributed by atoms with van der Waals surface area (Å²) >= 11 is 0. The lowest BCUT2D eigenvalue weighted by Crippen LogP contribution is -2.37. The SMILES string of the molecule is CNS(=O)(=O)c1ccc(C(=O)NC2CCC(c3ccccc3)CC2)o1. The summed E-state index contributed by atoms with van der Waals surface area (Å²) in [6.45, 7) is 0. The summed E-state index contributed by atoms with van der Waals surface area (Å²) < 4.78 is 30.7.